The molecular weight excluding hydrogens is 260 g/mol. The molecule has 0 aliphatic heterocycles. The molecule has 3 nitrogen and oxygen atoms in total. The predicted molar refractivity (Wildman–Crippen MR) is 77.5 cm³/mol. The summed E-state index contributed by atoms with van der Waals surface area (Å²) in [5.41, 5.74) is 1.68. The lowest BCUT2D eigenvalue weighted by molar-refractivity contribution is 0.156. The Bertz CT molecular complexity index is 538. The molecule has 0 aliphatic carbocycles. The van der Waals surface area contributed by atoms with Gasteiger partial charge in [0.15, 0.2) is 9.84 Å². The van der Waals surface area contributed by atoms with Crippen molar-refractivity contribution in [1.29, 1.82) is 0 Å². The van der Waals surface area contributed by atoms with Crippen LogP contribution in [0, 0.1) is 19.3 Å². The van der Waals surface area contributed by atoms with E-state index in [1.165, 1.54) is 0 Å². The van der Waals surface area contributed by atoms with Crippen molar-refractivity contribution in [3.8, 4) is 12.3 Å². The summed E-state index contributed by atoms with van der Waals surface area (Å²) in [4.78, 5) is 0. The second-order valence-corrected chi connectivity index (χ2v) is 6.99. The molecule has 0 aliphatic rings. The number of hydrogen-bond acceptors (Lipinski definition) is 3. The molecule has 1 rings (SSSR count). The molecule has 0 saturated carbocycles. The van der Waals surface area contributed by atoms with Crippen LogP contribution in [0.5, 0.6) is 0 Å². The quantitative estimate of drug-likeness (QED) is 0.642. The third-order valence-electron chi connectivity index (χ3n) is 3.04. The van der Waals surface area contributed by atoms with Gasteiger partial charge in [-0.3, -0.25) is 0 Å². The van der Waals surface area contributed by atoms with Gasteiger partial charge in [-0.2, -0.15) is 0 Å². The minimum Gasteiger partial charge on any atom is -0.391 e. The Morgan fingerprint density at radius 1 is 1.32 bits per heavy atom. The van der Waals surface area contributed by atoms with Gasteiger partial charge in [-0.15, -0.1) is 12.3 Å². The topological polar surface area (TPSA) is 54.4 Å². The van der Waals surface area contributed by atoms with Crippen molar-refractivity contribution < 1.29 is 13.5 Å². The van der Waals surface area contributed by atoms with Crippen molar-refractivity contribution >= 4 is 9.84 Å². The van der Waals surface area contributed by atoms with E-state index in [4.69, 9.17) is 6.42 Å². The summed E-state index contributed by atoms with van der Waals surface area (Å²) >= 11 is 0. The van der Waals surface area contributed by atoms with Crippen molar-refractivity contribution in [2.45, 2.75) is 37.5 Å². The maximum absolute atomic E-state index is 11.9. The van der Waals surface area contributed by atoms with Crippen LogP contribution < -0.4 is 0 Å². The summed E-state index contributed by atoms with van der Waals surface area (Å²) in [6.45, 7) is 1.93. The van der Waals surface area contributed by atoms with E-state index in [0.717, 1.165) is 11.8 Å². The molecule has 0 spiro atoms. The minimum absolute atomic E-state index is 0.385. The second-order valence-electron chi connectivity index (χ2n) is 4.82. The standard InChI is InChI=1S/C15H20O3S/c1-4-5-6-7-14(16)15(19(3,17)18)13-10-8-12(2)9-11-13/h1,8-11,14-16H,5-7H2,2-3H3. The molecule has 104 valence electrons. The Hall–Kier alpha value is -1.31. The Labute approximate surface area is 115 Å². The summed E-state index contributed by atoms with van der Waals surface area (Å²) in [6.07, 6.45) is 6.93. The fourth-order valence-corrected chi connectivity index (χ4v) is 3.43. The molecule has 0 amide bonds. The number of rotatable bonds is 6. The van der Waals surface area contributed by atoms with Gasteiger partial charge in [0.2, 0.25) is 0 Å². The largest absolute Gasteiger partial charge is 0.391 e. The monoisotopic (exact) mass is 280 g/mol. The van der Waals surface area contributed by atoms with Crippen LogP contribution in [0.1, 0.15) is 35.6 Å². The van der Waals surface area contributed by atoms with E-state index in [1.807, 2.05) is 19.1 Å². The van der Waals surface area contributed by atoms with Gasteiger partial charge in [-0.25, -0.2) is 8.42 Å². The SMILES string of the molecule is C#CCCCC(O)C(c1ccc(C)cc1)S(C)(=O)=O. The highest BCUT2D eigenvalue weighted by atomic mass is 32.2. The van der Waals surface area contributed by atoms with Crippen LogP contribution in [0.25, 0.3) is 0 Å². The van der Waals surface area contributed by atoms with Gasteiger partial charge in [-0.1, -0.05) is 29.8 Å². The average Bonchev–Trinajstić information content (AvgIpc) is 2.30. The normalized spacial score (nSPS) is 14.6. The van der Waals surface area contributed by atoms with Crippen molar-refractivity contribution in [2.24, 2.45) is 0 Å². The number of unbranched alkanes of at least 4 members (excludes halogenated alkanes) is 1. The molecule has 1 aromatic rings. The summed E-state index contributed by atoms with van der Waals surface area (Å²) < 4.78 is 23.8. The molecule has 0 saturated heterocycles. The van der Waals surface area contributed by atoms with E-state index >= 15 is 0 Å². The highest BCUT2D eigenvalue weighted by molar-refractivity contribution is 7.91. The fourth-order valence-electron chi connectivity index (χ4n) is 2.08. The molecule has 19 heavy (non-hydrogen) atoms. The predicted octanol–water partition coefficient (Wildman–Crippen LogP) is 2.25. The van der Waals surface area contributed by atoms with E-state index in [2.05, 4.69) is 5.92 Å². The first-order valence-electron chi connectivity index (χ1n) is 6.23. The van der Waals surface area contributed by atoms with Crippen molar-refractivity contribution in [3.05, 3.63) is 35.4 Å². The Morgan fingerprint density at radius 2 is 1.89 bits per heavy atom. The number of terminal acetylenes is 1. The van der Waals surface area contributed by atoms with Gasteiger partial charge < -0.3 is 5.11 Å². The van der Waals surface area contributed by atoms with Crippen molar-refractivity contribution in [3.63, 3.8) is 0 Å². The number of benzene rings is 1. The molecule has 1 aromatic carbocycles. The molecule has 1 N–H and O–H groups in total. The summed E-state index contributed by atoms with van der Waals surface area (Å²) in [5, 5.41) is 9.26. The molecule has 0 aromatic heterocycles. The Kier molecular flexibility index (Phi) is 5.59. The van der Waals surface area contributed by atoms with Gasteiger partial charge in [0.05, 0.1) is 6.10 Å². The lowest BCUT2D eigenvalue weighted by atomic mass is 10.0. The lowest BCUT2D eigenvalue weighted by Crippen LogP contribution is -2.25. The van der Waals surface area contributed by atoms with Gasteiger partial charge in [-0.05, 0) is 25.3 Å². The number of hydrogen-bond donors (Lipinski definition) is 1. The Morgan fingerprint density at radius 3 is 2.37 bits per heavy atom. The van der Waals surface area contributed by atoms with Crippen LogP contribution in [0.2, 0.25) is 0 Å². The van der Waals surface area contributed by atoms with Crippen LogP contribution in [-0.2, 0) is 9.84 Å². The van der Waals surface area contributed by atoms with Crippen molar-refractivity contribution in [2.75, 3.05) is 6.26 Å². The van der Waals surface area contributed by atoms with Crippen LogP contribution in [0.15, 0.2) is 24.3 Å². The summed E-state index contributed by atoms with van der Waals surface area (Å²) in [5.74, 6) is 2.49. The number of aliphatic hydroxyl groups is 1. The third kappa shape index (κ3) is 4.70. The van der Waals surface area contributed by atoms with Crippen molar-refractivity contribution in [1.82, 2.24) is 0 Å². The van der Waals surface area contributed by atoms with Gasteiger partial charge in [0.1, 0.15) is 5.25 Å². The average molecular weight is 280 g/mol. The zero-order valence-corrected chi connectivity index (χ0v) is 12.2. The van der Waals surface area contributed by atoms with Gasteiger partial charge in [0, 0.05) is 12.7 Å². The zero-order valence-electron chi connectivity index (χ0n) is 11.3. The first-order chi connectivity index (χ1) is 8.86. The zero-order chi connectivity index (χ0) is 14.5. The highest BCUT2D eigenvalue weighted by Crippen LogP contribution is 2.28. The maximum atomic E-state index is 11.9. The molecule has 0 heterocycles. The van der Waals surface area contributed by atoms with E-state index in [1.54, 1.807) is 12.1 Å². The van der Waals surface area contributed by atoms with Gasteiger partial charge >= 0.3 is 0 Å². The first-order valence-corrected chi connectivity index (χ1v) is 8.18. The third-order valence-corrected chi connectivity index (χ3v) is 4.55. The van der Waals surface area contributed by atoms with E-state index in [0.29, 0.717) is 24.8 Å². The lowest BCUT2D eigenvalue weighted by Gasteiger charge is -2.21. The highest BCUT2D eigenvalue weighted by Gasteiger charge is 2.30. The summed E-state index contributed by atoms with van der Waals surface area (Å²) in [6, 6.07) is 7.21. The van der Waals surface area contributed by atoms with E-state index in [-0.39, 0.29) is 0 Å². The smallest absolute Gasteiger partial charge is 0.157 e. The van der Waals surface area contributed by atoms with E-state index < -0.39 is 21.2 Å². The first kappa shape index (κ1) is 15.7. The molecule has 0 radical (unpaired) electrons. The van der Waals surface area contributed by atoms with Crippen LogP contribution >= 0.6 is 0 Å². The maximum Gasteiger partial charge on any atom is 0.157 e. The second kappa shape index (κ2) is 6.74. The molecule has 0 fully saturated rings. The van der Waals surface area contributed by atoms with E-state index in [9.17, 15) is 13.5 Å². The molecule has 0 bridgehead atoms. The fraction of sp³-hybridized carbons (Fsp3) is 0.467. The van der Waals surface area contributed by atoms with Crippen LogP contribution in [0.3, 0.4) is 0 Å². The molecule has 2 atom stereocenters. The number of aliphatic hydroxyl groups excluding tert-OH is 1. The number of aryl methyl sites for hydroxylation is 1. The van der Waals surface area contributed by atoms with Gasteiger partial charge in [0.25, 0.3) is 0 Å². The summed E-state index contributed by atoms with van der Waals surface area (Å²) in [7, 11) is -3.37. The molecule has 2 unspecified atom stereocenters. The van der Waals surface area contributed by atoms with Crippen LogP contribution in [-0.4, -0.2) is 25.9 Å². The number of sulfone groups is 1. The molecular formula is C15H20O3S. The molecule has 4 heteroatoms. The Balaban J connectivity index is 2.96. The van der Waals surface area contributed by atoms with Crippen LogP contribution in [0.4, 0.5) is 0 Å². The minimum atomic E-state index is -3.37.